The molecule has 5 nitrogen and oxygen atoms in total. The summed E-state index contributed by atoms with van der Waals surface area (Å²) in [6.07, 6.45) is 0.800. The van der Waals surface area contributed by atoms with Crippen molar-refractivity contribution in [1.29, 1.82) is 0 Å². The first-order chi connectivity index (χ1) is 9.42. The fourth-order valence-electron chi connectivity index (χ4n) is 2.55. The third-order valence-corrected chi connectivity index (χ3v) is 5.66. The minimum atomic E-state index is -3.32. The van der Waals surface area contributed by atoms with E-state index in [-0.39, 0.29) is 11.9 Å². The van der Waals surface area contributed by atoms with Gasteiger partial charge in [0.1, 0.15) is 0 Å². The number of nitrogen functional groups attached to an aromatic ring is 1. The Morgan fingerprint density at radius 3 is 2.85 bits per heavy atom. The van der Waals surface area contributed by atoms with Crippen LogP contribution in [-0.2, 0) is 20.5 Å². The Kier molecular flexibility index (Phi) is 4.67. The molecule has 1 saturated heterocycles. The van der Waals surface area contributed by atoms with Crippen molar-refractivity contribution in [2.45, 2.75) is 25.2 Å². The Morgan fingerprint density at radius 1 is 1.45 bits per heavy atom. The number of nitrogens with two attached hydrogens (primary N) is 1. The molecular weight excluding hydrogens is 276 g/mol. The Balaban J connectivity index is 2.10. The van der Waals surface area contributed by atoms with Crippen LogP contribution in [0.3, 0.4) is 0 Å². The predicted molar refractivity (Wildman–Crippen MR) is 79.6 cm³/mol. The first kappa shape index (κ1) is 15.3. The smallest absolute Gasteiger partial charge is 0.218 e. The number of rotatable bonds is 4. The maximum Gasteiger partial charge on any atom is 0.218 e. The van der Waals surface area contributed by atoms with E-state index in [1.165, 1.54) is 4.31 Å². The van der Waals surface area contributed by atoms with Gasteiger partial charge in [-0.05, 0) is 30.0 Å². The average Bonchev–Trinajstić information content (AvgIpc) is 2.38. The largest absolute Gasteiger partial charge is 0.399 e. The van der Waals surface area contributed by atoms with Crippen LogP contribution in [0.1, 0.15) is 18.9 Å². The summed E-state index contributed by atoms with van der Waals surface area (Å²) in [5, 5.41) is 0. The van der Waals surface area contributed by atoms with Crippen molar-refractivity contribution < 1.29 is 13.2 Å². The second kappa shape index (κ2) is 6.11. The third kappa shape index (κ3) is 3.50. The fraction of sp³-hybridized carbons (Fsp3) is 0.571. The summed E-state index contributed by atoms with van der Waals surface area (Å²) < 4.78 is 31.8. The summed E-state index contributed by atoms with van der Waals surface area (Å²) in [5.41, 5.74) is 6.99. The zero-order chi connectivity index (χ0) is 14.8. The molecule has 1 aliphatic heterocycles. The number of ether oxygens (including phenoxy) is 1. The molecule has 1 fully saturated rings. The van der Waals surface area contributed by atoms with Crippen LogP contribution >= 0.6 is 0 Å². The van der Waals surface area contributed by atoms with E-state index in [0.717, 1.165) is 12.0 Å². The van der Waals surface area contributed by atoms with Gasteiger partial charge in [0.05, 0.1) is 11.9 Å². The highest BCUT2D eigenvalue weighted by Crippen LogP contribution is 2.23. The second-order valence-electron chi connectivity index (χ2n) is 5.40. The van der Waals surface area contributed by atoms with Crippen LogP contribution in [0.4, 0.5) is 5.69 Å². The van der Waals surface area contributed by atoms with Crippen LogP contribution in [0.15, 0.2) is 24.3 Å². The molecule has 0 amide bonds. The molecule has 112 valence electrons. The number of nitrogens with zero attached hydrogens (tertiary/aromatic N) is 1. The van der Waals surface area contributed by atoms with E-state index in [1.807, 2.05) is 0 Å². The van der Waals surface area contributed by atoms with Crippen LogP contribution < -0.4 is 5.73 Å². The molecule has 2 N–H and O–H groups in total. The van der Waals surface area contributed by atoms with Gasteiger partial charge in [0, 0.05) is 25.9 Å². The lowest BCUT2D eigenvalue weighted by Gasteiger charge is -2.35. The van der Waals surface area contributed by atoms with Gasteiger partial charge in [0.2, 0.25) is 10.0 Å². The van der Waals surface area contributed by atoms with Crippen molar-refractivity contribution in [3.05, 3.63) is 29.8 Å². The van der Waals surface area contributed by atoms with E-state index in [4.69, 9.17) is 10.5 Å². The number of piperidine rings is 1. The number of benzene rings is 1. The average molecular weight is 298 g/mol. The van der Waals surface area contributed by atoms with Crippen molar-refractivity contribution in [2.75, 3.05) is 25.9 Å². The van der Waals surface area contributed by atoms with Crippen molar-refractivity contribution in [3.63, 3.8) is 0 Å². The molecule has 0 saturated carbocycles. The SMILES string of the molecule is COC1CN(S(=O)(=O)Cc2cccc(N)c2)CCC1C. The number of hydrogen-bond donors (Lipinski definition) is 1. The molecule has 1 aromatic carbocycles. The number of sulfonamides is 1. The second-order valence-corrected chi connectivity index (χ2v) is 7.37. The lowest BCUT2D eigenvalue weighted by Crippen LogP contribution is -2.46. The molecule has 6 heteroatoms. The van der Waals surface area contributed by atoms with Crippen LogP contribution in [-0.4, -0.2) is 39.0 Å². The molecule has 1 aliphatic rings. The minimum absolute atomic E-state index is 0.0111. The van der Waals surface area contributed by atoms with Crippen LogP contribution in [0.25, 0.3) is 0 Å². The molecule has 1 heterocycles. The lowest BCUT2D eigenvalue weighted by molar-refractivity contribution is 0.0183. The Bertz CT molecular complexity index is 559. The molecule has 0 spiro atoms. The number of hydrogen-bond acceptors (Lipinski definition) is 4. The highest BCUT2D eigenvalue weighted by Gasteiger charge is 2.32. The normalized spacial score (nSPS) is 24.7. The van der Waals surface area contributed by atoms with Crippen LogP contribution in [0.2, 0.25) is 0 Å². The van der Waals surface area contributed by atoms with E-state index < -0.39 is 10.0 Å². The highest BCUT2D eigenvalue weighted by molar-refractivity contribution is 7.88. The summed E-state index contributed by atoms with van der Waals surface area (Å²) in [6.45, 7) is 3.09. The molecule has 0 bridgehead atoms. The highest BCUT2D eigenvalue weighted by atomic mass is 32.2. The minimum Gasteiger partial charge on any atom is -0.399 e. The summed E-state index contributed by atoms with van der Waals surface area (Å²) in [7, 11) is -1.69. The van der Waals surface area contributed by atoms with Gasteiger partial charge in [0.25, 0.3) is 0 Å². The monoisotopic (exact) mass is 298 g/mol. The van der Waals surface area contributed by atoms with Crippen molar-refractivity contribution in [2.24, 2.45) is 5.92 Å². The van der Waals surface area contributed by atoms with Gasteiger partial charge in [-0.15, -0.1) is 0 Å². The van der Waals surface area contributed by atoms with Gasteiger partial charge in [-0.25, -0.2) is 8.42 Å². The molecule has 2 rings (SSSR count). The van der Waals surface area contributed by atoms with Gasteiger partial charge >= 0.3 is 0 Å². The van der Waals surface area contributed by atoms with Crippen molar-refractivity contribution in [3.8, 4) is 0 Å². The molecule has 0 aliphatic carbocycles. The van der Waals surface area contributed by atoms with E-state index in [1.54, 1.807) is 31.4 Å². The van der Waals surface area contributed by atoms with Gasteiger partial charge in [-0.3, -0.25) is 0 Å². The molecule has 20 heavy (non-hydrogen) atoms. The molecule has 2 atom stereocenters. The molecule has 2 unspecified atom stereocenters. The van der Waals surface area contributed by atoms with Gasteiger partial charge in [-0.2, -0.15) is 4.31 Å². The predicted octanol–water partition coefficient (Wildman–Crippen LogP) is 1.46. The van der Waals surface area contributed by atoms with E-state index >= 15 is 0 Å². The molecule has 0 radical (unpaired) electrons. The fourth-order valence-corrected chi connectivity index (χ4v) is 4.09. The molecule has 1 aromatic rings. The summed E-state index contributed by atoms with van der Waals surface area (Å²) in [4.78, 5) is 0. The van der Waals surface area contributed by atoms with Crippen molar-refractivity contribution >= 4 is 15.7 Å². The first-order valence-electron chi connectivity index (χ1n) is 6.77. The van der Waals surface area contributed by atoms with Crippen molar-refractivity contribution in [1.82, 2.24) is 4.31 Å². The third-order valence-electron chi connectivity index (χ3n) is 3.85. The Hall–Kier alpha value is -1.11. The maximum atomic E-state index is 12.5. The van der Waals surface area contributed by atoms with Crippen LogP contribution in [0.5, 0.6) is 0 Å². The zero-order valence-corrected chi connectivity index (χ0v) is 12.8. The summed E-state index contributed by atoms with van der Waals surface area (Å²) >= 11 is 0. The summed E-state index contributed by atoms with van der Waals surface area (Å²) in [5.74, 6) is 0.377. The standard InChI is InChI=1S/C14H22N2O3S/c1-11-6-7-16(9-14(11)19-2)20(17,18)10-12-4-3-5-13(15)8-12/h3-5,8,11,14H,6-7,9-10,15H2,1-2H3. The van der Waals surface area contributed by atoms with Gasteiger partial charge in [0.15, 0.2) is 0 Å². The summed E-state index contributed by atoms with van der Waals surface area (Å²) in [6, 6.07) is 7.02. The van der Waals surface area contributed by atoms with E-state index in [0.29, 0.717) is 24.7 Å². The quantitative estimate of drug-likeness (QED) is 0.854. The topological polar surface area (TPSA) is 72.6 Å². The van der Waals surface area contributed by atoms with E-state index in [9.17, 15) is 8.42 Å². The molecular formula is C14H22N2O3S. The van der Waals surface area contributed by atoms with Gasteiger partial charge in [-0.1, -0.05) is 19.1 Å². The number of anilines is 1. The Labute approximate surface area is 120 Å². The zero-order valence-electron chi connectivity index (χ0n) is 12.0. The first-order valence-corrected chi connectivity index (χ1v) is 8.38. The van der Waals surface area contributed by atoms with Gasteiger partial charge < -0.3 is 10.5 Å². The van der Waals surface area contributed by atoms with E-state index in [2.05, 4.69) is 6.92 Å². The molecule has 0 aromatic heterocycles. The number of methoxy groups -OCH3 is 1. The Morgan fingerprint density at radius 2 is 2.20 bits per heavy atom. The maximum absolute atomic E-state index is 12.5. The van der Waals surface area contributed by atoms with Crippen LogP contribution in [0, 0.1) is 5.92 Å². The lowest BCUT2D eigenvalue weighted by atomic mass is 9.97.